The van der Waals surface area contributed by atoms with E-state index in [4.69, 9.17) is 4.74 Å². The maximum atomic E-state index is 13.3. The van der Waals surface area contributed by atoms with Gasteiger partial charge in [0.25, 0.3) is 5.91 Å². The van der Waals surface area contributed by atoms with Crippen molar-refractivity contribution in [3.63, 3.8) is 0 Å². The molecule has 0 radical (unpaired) electrons. The van der Waals surface area contributed by atoms with E-state index in [-0.39, 0.29) is 11.7 Å². The Balaban J connectivity index is 2.22. The highest BCUT2D eigenvalue weighted by atomic mass is 19.1. The number of ether oxygens (including phenoxy) is 1. The Morgan fingerprint density at radius 3 is 2.77 bits per heavy atom. The third-order valence-corrected chi connectivity index (χ3v) is 3.21. The zero-order chi connectivity index (χ0) is 15.9. The maximum Gasteiger partial charge on any atom is 0.259 e. The first-order chi connectivity index (χ1) is 10.7. The molecule has 1 amide bonds. The number of nitrogens with zero attached hydrogens (tertiary/aromatic N) is 2. The van der Waals surface area contributed by atoms with Crippen LogP contribution in [-0.2, 0) is 6.54 Å². The molecule has 0 fully saturated rings. The lowest BCUT2D eigenvalue weighted by Crippen LogP contribution is -2.30. The van der Waals surface area contributed by atoms with Gasteiger partial charge in [-0.25, -0.2) is 9.37 Å². The number of aromatic nitrogens is 1. The highest BCUT2D eigenvalue weighted by molar-refractivity contribution is 5.96. The molecular weight excluding hydrogens is 283 g/mol. The van der Waals surface area contributed by atoms with Gasteiger partial charge in [0.05, 0.1) is 6.61 Å². The lowest BCUT2D eigenvalue weighted by atomic mass is 10.1. The summed E-state index contributed by atoms with van der Waals surface area (Å²) in [5.41, 5.74) is 1.17. The van der Waals surface area contributed by atoms with Gasteiger partial charge in [-0.2, -0.15) is 0 Å². The van der Waals surface area contributed by atoms with Crippen molar-refractivity contribution in [1.29, 1.82) is 0 Å². The summed E-state index contributed by atoms with van der Waals surface area (Å²) in [4.78, 5) is 18.4. The van der Waals surface area contributed by atoms with E-state index in [0.717, 1.165) is 5.56 Å². The van der Waals surface area contributed by atoms with Gasteiger partial charge in [-0.3, -0.25) is 4.79 Å². The standard InChI is InChI=1S/C17H19FN2O2/c1-3-20(12-13-7-5-8-14(18)11-13)17(21)15-9-6-10-19-16(15)22-4-2/h5-11H,3-4,12H2,1-2H3. The second-order valence-corrected chi connectivity index (χ2v) is 4.74. The third kappa shape index (κ3) is 3.81. The smallest absolute Gasteiger partial charge is 0.259 e. The van der Waals surface area contributed by atoms with E-state index < -0.39 is 0 Å². The molecule has 1 heterocycles. The van der Waals surface area contributed by atoms with Gasteiger partial charge in [-0.1, -0.05) is 12.1 Å². The topological polar surface area (TPSA) is 42.4 Å². The monoisotopic (exact) mass is 302 g/mol. The molecule has 0 saturated carbocycles. The first-order valence-corrected chi connectivity index (χ1v) is 7.27. The fourth-order valence-electron chi connectivity index (χ4n) is 2.16. The van der Waals surface area contributed by atoms with Gasteiger partial charge in [-0.15, -0.1) is 0 Å². The number of carbonyl (C=O) groups excluding carboxylic acids is 1. The minimum atomic E-state index is -0.308. The molecule has 0 aliphatic heterocycles. The quantitative estimate of drug-likeness (QED) is 0.822. The lowest BCUT2D eigenvalue weighted by Gasteiger charge is -2.22. The summed E-state index contributed by atoms with van der Waals surface area (Å²) in [5.74, 6) is -0.159. The number of pyridine rings is 1. The molecule has 0 atom stereocenters. The minimum Gasteiger partial charge on any atom is -0.477 e. The first-order valence-electron chi connectivity index (χ1n) is 7.27. The van der Waals surface area contributed by atoms with E-state index in [2.05, 4.69) is 4.98 Å². The van der Waals surface area contributed by atoms with Crippen LogP contribution in [0.4, 0.5) is 4.39 Å². The van der Waals surface area contributed by atoms with E-state index >= 15 is 0 Å². The highest BCUT2D eigenvalue weighted by Gasteiger charge is 2.19. The van der Waals surface area contributed by atoms with Gasteiger partial charge in [0.15, 0.2) is 0 Å². The molecule has 5 heteroatoms. The highest BCUT2D eigenvalue weighted by Crippen LogP contribution is 2.18. The summed E-state index contributed by atoms with van der Waals surface area (Å²) in [6.45, 7) is 5.01. The molecule has 1 aromatic heterocycles. The lowest BCUT2D eigenvalue weighted by molar-refractivity contribution is 0.0747. The van der Waals surface area contributed by atoms with E-state index in [0.29, 0.717) is 31.1 Å². The summed E-state index contributed by atoms with van der Waals surface area (Å²) < 4.78 is 18.7. The van der Waals surface area contributed by atoms with Crippen LogP contribution in [0.1, 0.15) is 29.8 Å². The second kappa shape index (κ2) is 7.54. The summed E-state index contributed by atoms with van der Waals surface area (Å²) in [6, 6.07) is 9.64. The van der Waals surface area contributed by atoms with E-state index in [1.54, 1.807) is 35.4 Å². The third-order valence-electron chi connectivity index (χ3n) is 3.21. The molecule has 0 bridgehead atoms. The van der Waals surface area contributed by atoms with Gasteiger partial charge in [0, 0.05) is 19.3 Å². The van der Waals surface area contributed by atoms with Crippen LogP contribution in [0.2, 0.25) is 0 Å². The van der Waals surface area contributed by atoms with E-state index in [1.165, 1.54) is 12.1 Å². The van der Waals surface area contributed by atoms with Gasteiger partial charge in [0.1, 0.15) is 11.4 Å². The molecule has 0 saturated heterocycles. The molecular formula is C17H19FN2O2. The molecule has 0 N–H and O–H groups in total. The van der Waals surface area contributed by atoms with Gasteiger partial charge in [-0.05, 0) is 43.7 Å². The average molecular weight is 302 g/mol. The maximum absolute atomic E-state index is 13.3. The Bertz CT molecular complexity index is 646. The summed E-state index contributed by atoms with van der Waals surface area (Å²) >= 11 is 0. The van der Waals surface area contributed by atoms with Gasteiger partial charge >= 0.3 is 0 Å². The summed E-state index contributed by atoms with van der Waals surface area (Å²) in [6.07, 6.45) is 1.59. The molecule has 116 valence electrons. The predicted octanol–water partition coefficient (Wildman–Crippen LogP) is 3.28. The van der Waals surface area contributed by atoms with Crippen molar-refractivity contribution in [3.8, 4) is 5.88 Å². The molecule has 1 aromatic carbocycles. The molecule has 4 nitrogen and oxygen atoms in total. The number of amides is 1. The van der Waals surface area contributed by atoms with Crippen molar-refractivity contribution < 1.29 is 13.9 Å². The number of halogens is 1. The van der Waals surface area contributed by atoms with Crippen LogP contribution in [-0.4, -0.2) is 28.9 Å². The molecule has 22 heavy (non-hydrogen) atoms. The Labute approximate surface area is 129 Å². The van der Waals surface area contributed by atoms with Crippen molar-refractivity contribution >= 4 is 5.91 Å². The fourth-order valence-corrected chi connectivity index (χ4v) is 2.16. The zero-order valence-corrected chi connectivity index (χ0v) is 12.8. The number of carbonyl (C=O) groups is 1. The number of hydrogen-bond donors (Lipinski definition) is 0. The van der Waals surface area contributed by atoms with Crippen molar-refractivity contribution in [2.75, 3.05) is 13.2 Å². The molecule has 2 aromatic rings. The van der Waals surface area contributed by atoms with Crippen LogP contribution in [0, 0.1) is 5.82 Å². The van der Waals surface area contributed by atoms with Crippen LogP contribution in [0.5, 0.6) is 5.88 Å². The van der Waals surface area contributed by atoms with Crippen LogP contribution in [0.25, 0.3) is 0 Å². The SMILES string of the molecule is CCOc1ncccc1C(=O)N(CC)Cc1cccc(F)c1. The fraction of sp³-hybridized carbons (Fsp3) is 0.294. The number of rotatable bonds is 6. The first kappa shape index (κ1) is 15.9. The normalized spacial score (nSPS) is 10.3. The summed E-state index contributed by atoms with van der Waals surface area (Å²) in [7, 11) is 0. The Kier molecular flexibility index (Phi) is 5.47. The van der Waals surface area contributed by atoms with Gasteiger partial charge < -0.3 is 9.64 Å². The summed E-state index contributed by atoms with van der Waals surface area (Å²) in [5, 5.41) is 0. The van der Waals surface area contributed by atoms with Crippen LogP contribution < -0.4 is 4.74 Å². The number of benzene rings is 1. The van der Waals surface area contributed by atoms with Crippen molar-refractivity contribution in [3.05, 3.63) is 59.5 Å². The molecule has 0 aliphatic rings. The molecule has 2 rings (SSSR count). The van der Waals surface area contributed by atoms with E-state index in [9.17, 15) is 9.18 Å². The largest absolute Gasteiger partial charge is 0.477 e. The average Bonchev–Trinajstić information content (AvgIpc) is 2.53. The van der Waals surface area contributed by atoms with Crippen LogP contribution >= 0.6 is 0 Å². The predicted molar refractivity (Wildman–Crippen MR) is 82.2 cm³/mol. The molecule has 0 unspecified atom stereocenters. The molecule has 0 aliphatic carbocycles. The number of hydrogen-bond acceptors (Lipinski definition) is 3. The van der Waals surface area contributed by atoms with E-state index in [1.807, 2.05) is 13.8 Å². The Hall–Kier alpha value is -2.43. The van der Waals surface area contributed by atoms with Crippen LogP contribution in [0.15, 0.2) is 42.6 Å². The van der Waals surface area contributed by atoms with Crippen molar-refractivity contribution in [2.45, 2.75) is 20.4 Å². The Morgan fingerprint density at radius 1 is 1.27 bits per heavy atom. The van der Waals surface area contributed by atoms with Crippen LogP contribution in [0.3, 0.4) is 0 Å². The zero-order valence-electron chi connectivity index (χ0n) is 12.8. The minimum absolute atomic E-state index is 0.177. The van der Waals surface area contributed by atoms with Gasteiger partial charge in [0.2, 0.25) is 5.88 Å². The Morgan fingerprint density at radius 2 is 2.09 bits per heavy atom. The molecule has 0 spiro atoms. The van der Waals surface area contributed by atoms with Crippen molar-refractivity contribution in [1.82, 2.24) is 9.88 Å². The van der Waals surface area contributed by atoms with Crippen molar-refractivity contribution in [2.24, 2.45) is 0 Å². The second-order valence-electron chi connectivity index (χ2n) is 4.74.